The average Bonchev–Trinajstić information content (AvgIpc) is 2.87. The highest BCUT2D eigenvalue weighted by atomic mass is 127. The Kier molecular flexibility index (Phi) is 10.2. The standard InChI is InChI=1S/C15H28N4S.HI/c1-6-7-8-9-17-14(16-5)18-10-12-11-20-13(19-12)15(2,3)4;/h11H,6-10H2,1-5H3,(H2,16,17,18);1H. The summed E-state index contributed by atoms with van der Waals surface area (Å²) >= 11 is 1.73. The quantitative estimate of drug-likeness (QED) is 0.315. The zero-order valence-corrected chi connectivity index (χ0v) is 17.0. The fourth-order valence-electron chi connectivity index (χ4n) is 1.71. The molecule has 0 amide bonds. The van der Waals surface area contributed by atoms with Gasteiger partial charge in [-0.05, 0) is 6.42 Å². The van der Waals surface area contributed by atoms with Crippen molar-refractivity contribution in [3.8, 4) is 0 Å². The van der Waals surface area contributed by atoms with Crippen LogP contribution in [0.25, 0.3) is 0 Å². The molecule has 0 bridgehead atoms. The first-order valence-electron chi connectivity index (χ1n) is 7.36. The van der Waals surface area contributed by atoms with Gasteiger partial charge in [0.25, 0.3) is 0 Å². The second kappa shape index (κ2) is 10.4. The predicted octanol–water partition coefficient (Wildman–Crippen LogP) is 3.91. The Labute approximate surface area is 150 Å². The van der Waals surface area contributed by atoms with Crippen molar-refractivity contribution in [2.45, 2.75) is 58.9 Å². The first-order valence-corrected chi connectivity index (χ1v) is 8.24. The molecule has 1 aromatic heterocycles. The van der Waals surface area contributed by atoms with Crippen LogP contribution in [0.15, 0.2) is 10.4 Å². The molecule has 0 saturated heterocycles. The lowest BCUT2D eigenvalue weighted by Crippen LogP contribution is -2.37. The van der Waals surface area contributed by atoms with Gasteiger partial charge in [0.15, 0.2) is 5.96 Å². The van der Waals surface area contributed by atoms with Gasteiger partial charge in [0.1, 0.15) is 0 Å². The molecule has 0 atom stereocenters. The van der Waals surface area contributed by atoms with Crippen LogP contribution in [0.5, 0.6) is 0 Å². The second-order valence-corrected chi connectivity index (χ2v) is 6.81. The number of rotatable bonds is 6. The van der Waals surface area contributed by atoms with Crippen LogP contribution in [0.3, 0.4) is 0 Å². The molecular formula is C15H29IN4S. The van der Waals surface area contributed by atoms with Gasteiger partial charge in [-0.2, -0.15) is 0 Å². The summed E-state index contributed by atoms with van der Waals surface area (Å²) in [5.74, 6) is 0.853. The maximum Gasteiger partial charge on any atom is 0.191 e. The minimum Gasteiger partial charge on any atom is -0.356 e. The number of halogens is 1. The molecule has 0 fully saturated rings. The Bertz CT molecular complexity index is 424. The van der Waals surface area contributed by atoms with E-state index in [2.05, 4.69) is 53.7 Å². The average molecular weight is 424 g/mol. The van der Waals surface area contributed by atoms with Crippen LogP contribution < -0.4 is 10.6 Å². The first kappa shape index (κ1) is 20.6. The highest BCUT2D eigenvalue weighted by molar-refractivity contribution is 14.0. The van der Waals surface area contributed by atoms with E-state index in [1.54, 1.807) is 18.4 Å². The lowest BCUT2D eigenvalue weighted by Gasteiger charge is -2.14. The van der Waals surface area contributed by atoms with Gasteiger partial charge < -0.3 is 10.6 Å². The molecule has 0 aliphatic heterocycles. The van der Waals surface area contributed by atoms with Crippen LogP contribution in [-0.2, 0) is 12.0 Å². The van der Waals surface area contributed by atoms with Gasteiger partial charge in [-0.25, -0.2) is 4.98 Å². The number of unbranched alkanes of at least 4 members (excludes halogenated alkanes) is 2. The number of thiazole rings is 1. The van der Waals surface area contributed by atoms with E-state index in [1.165, 1.54) is 24.3 Å². The lowest BCUT2D eigenvalue weighted by molar-refractivity contribution is 0.582. The van der Waals surface area contributed by atoms with E-state index in [0.717, 1.165) is 24.7 Å². The van der Waals surface area contributed by atoms with Gasteiger partial charge in [-0.3, -0.25) is 4.99 Å². The van der Waals surface area contributed by atoms with E-state index in [0.29, 0.717) is 0 Å². The van der Waals surface area contributed by atoms with E-state index >= 15 is 0 Å². The predicted molar refractivity (Wildman–Crippen MR) is 104 cm³/mol. The highest BCUT2D eigenvalue weighted by Gasteiger charge is 2.17. The van der Waals surface area contributed by atoms with Crippen molar-refractivity contribution in [3.63, 3.8) is 0 Å². The molecule has 21 heavy (non-hydrogen) atoms. The van der Waals surface area contributed by atoms with Crippen LogP contribution in [0, 0.1) is 0 Å². The summed E-state index contributed by atoms with van der Waals surface area (Å²) in [6, 6.07) is 0. The Morgan fingerprint density at radius 3 is 2.52 bits per heavy atom. The monoisotopic (exact) mass is 424 g/mol. The summed E-state index contributed by atoms with van der Waals surface area (Å²) in [5, 5.41) is 9.94. The molecule has 122 valence electrons. The van der Waals surface area contributed by atoms with Crippen molar-refractivity contribution in [2.75, 3.05) is 13.6 Å². The largest absolute Gasteiger partial charge is 0.356 e. The Morgan fingerprint density at radius 2 is 2.00 bits per heavy atom. The number of hydrogen-bond donors (Lipinski definition) is 2. The van der Waals surface area contributed by atoms with Crippen LogP contribution in [0.4, 0.5) is 0 Å². The molecule has 0 unspecified atom stereocenters. The Hall–Kier alpha value is -0.370. The topological polar surface area (TPSA) is 49.3 Å². The number of hydrogen-bond acceptors (Lipinski definition) is 3. The Morgan fingerprint density at radius 1 is 1.29 bits per heavy atom. The molecule has 0 aliphatic carbocycles. The number of guanidine groups is 1. The normalized spacial score (nSPS) is 12.0. The van der Waals surface area contributed by atoms with Gasteiger partial charge in [0.05, 0.1) is 17.2 Å². The highest BCUT2D eigenvalue weighted by Crippen LogP contribution is 2.25. The van der Waals surface area contributed by atoms with Gasteiger partial charge in [0.2, 0.25) is 0 Å². The smallest absolute Gasteiger partial charge is 0.191 e. The van der Waals surface area contributed by atoms with E-state index in [-0.39, 0.29) is 29.4 Å². The van der Waals surface area contributed by atoms with E-state index < -0.39 is 0 Å². The van der Waals surface area contributed by atoms with Gasteiger partial charge in [-0.1, -0.05) is 40.5 Å². The minimum absolute atomic E-state index is 0. The summed E-state index contributed by atoms with van der Waals surface area (Å²) in [6.07, 6.45) is 3.68. The maximum absolute atomic E-state index is 4.67. The number of aliphatic imine (C=N–C) groups is 1. The van der Waals surface area contributed by atoms with Crippen molar-refractivity contribution in [3.05, 3.63) is 16.1 Å². The van der Waals surface area contributed by atoms with Gasteiger partial charge in [0, 0.05) is 24.4 Å². The third kappa shape index (κ3) is 7.99. The van der Waals surface area contributed by atoms with Crippen molar-refractivity contribution in [1.29, 1.82) is 0 Å². The molecule has 2 N–H and O–H groups in total. The van der Waals surface area contributed by atoms with Crippen LogP contribution in [0.2, 0.25) is 0 Å². The third-order valence-corrected chi connectivity index (χ3v) is 4.24. The van der Waals surface area contributed by atoms with Crippen molar-refractivity contribution in [1.82, 2.24) is 15.6 Å². The zero-order valence-electron chi connectivity index (χ0n) is 13.8. The minimum atomic E-state index is 0. The van der Waals surface area contributed by atoms with E-state index in [4.69, 9.17) is 0 Å². The molecule has 6 heteroatoms. The van der Waals surface area contributed by atoms with E-state index in [1.807, 2.05) is 0 Å². The second-order valence-electron chi connectivity index (χ2n) is 5.95. The maximum atomic E-state index is 4.67. The lowest BCUT2D eigenvalue weighted by atomic mass is 9.98. The fourth-order valence-corrected chi connectivity index (χ4v) is 2.62. The molecule has 0 aliphatic rings. The summed E-state index contributed by atoms with van der Waals surface area (Å²) < 4.78 is 0. The number of nitrogens with one attached hydrogen (secondary N) is 2. The van der Waals surface area contributed by atoms with Crippen molar-refractivity contribution >= 4 is 41.3 Å². The van der Waals surface area contributed by atoms with Gasteiger partial charge >= 0.3 is 0 Å². The summed E-state index contributed by atoms with van der Waals surface area (Å²) in [5.41, 5.74) is 1.21. The van der Waals surface area contributed by atoms with Gasteiger partial charge in [-0.15, -0.1) is 35.3 Å². The zero-order chi connectivity index (χ0) is 15.0. The molecule has 4 nitrogen and oxygen atoms in total. The van der Waals surface area contributed by atoms with Crippen LogP contribution in [0.1, 0.15) is 57.7 Å². The summed E-state index contributed by atoms with van der Waals surface area (Å²) in [6.45, 7) is 10.5. The molecule has 1 heterocycles. The molecule has 1 rings (SSSR count). The van der Waals surface area contributed by atoms with Crippen molar-refractivity contribution in [2.24, 2.45) is 4.99 Å². The number of nitrogens with zero attached hydrogens (tertiary/aromatic N) is 2. The van der Waals surface area contributed by atoms with Crippen molar-refractivity contribution < 1.29 is 0 Å². The number of aromatic nitrogens is 1. The SMILES string of the molecule is CCCCCNC(=NC)NCc1csc(C(C)(C)C)n1.I. The molecule has 1 aromatic rings. The van der Waals surface area contributed by atoms with E-state index in [9.17, 15) is 0 Å². The molecular weight excluding hydrogens is 395 g/mol. The fraction of sp³-hybridized carbons (Fsp3) is 0.733. The van der Waals surface area contributed by atoms with Crippen LogP contribution >= 0.6 is 35.3 Å². The first-order chi connectivity index (χ1) is 9.47. The summed E-state index contributed by atoms with van der Waals surface area (Å²) in [7, 11) is 1.80. The molecule has 0 spiro atoms. The molecule has 0 aromatic carbocycles. The molecule has 0 radical (unpaired) electrons. The summed E-state index contributed by atoms with van der Waals surface area (Å²) in [4.78, 5) is 8.90. The third-order valence-electron chi connectivity index (χ3n) is 2.93. The van der Waals surface area contributed by atoms with Crippen LogP contribution in [-0.4, -0.2) is 24.5 Å². The Balaban J connectivity index is 0.00000400. The molecule has 0 saturated carbocycles.